The van der Waals surface area contributed by atoms with Gasteiger partial charge in [0.05, 0.1) is 18.1 Å². The van der Waals surface area contributed by atoms with Gasteiger partial charge in [-0.15, -0.1) is 5.10 Å². The SMILES string of the molecule is CCOc1cc(/C=N/N=C2/NC(=O)[C@H](CC(=O)[O-])S2)ccc1O. The summed E-state index contributed by atoms with van der Waals surface area (Å²) in [7, 11) is 0. The zero-order valence-corrected chi connectivity index (χ0v) is 13.0. The highest BCUT2D eigenvalue weighted by molar-refractivity contribution is 8.15. The van der Waals surface area contributed by atoms with E-state index in [1.807, 2.05) is 0 Å². The third-order valence-corrected chi connectivity index (χ3v) is 3.84. The second kappa shape index (κ2) is 7.63. The zero-order valence-electron chi connectivity index (χ0n) is 12.2. The number of aromatic hydroxyl groups is 1. The molecule has 9 heteroatoms. The van der Waals surface area contributed by atoms with Crippen LogP contribution in [0.2, 0.25) is 0 Å². The number of aliphatic carboxylic acids is 1. The Bertz CT molecular complexity index is 674. The van der Waals surface area contributed by atoms with Gasteiger partial charge in [0.2, 0.25) is 5.91 Å². The average molecular weight is 336 g/mol. The minimum atomic E-state index is -1.30. The lowest BCUT2D eigenvalue weighted by Gasteiger charge is -2.05. The van der Waals surface area contributed by atoms with E-state index in [-0.39, 0.29) is 17.3 Å². The van der Waals surface area contributed by atoms with Crippen molar-refractivity contribution >= 4 is 35.0 Å². The van der Waals surface area contributed by atoms with Crippen LogP contribution in [-0.2, 0) is 9.59 Å². The molecular formula is C14H14N3O5S-. The van der Waals surface area contributed by atoms with Gasteiger partial charge in [0, 0.05) is 12.4 Å². The number of hydrogen-bond acceptors (Lipinski definition) is 8. The minimum absolute atomic E-state index is 0.0269. The minimum Gasteiger partial charge on any atom is -0.550 e. The normalized spacial score (nSPS) is 19.3. The largest absolute Gasteiger partial charge is 0.550 e. The Hall–Kier alpha value is -2.55. The summed E-state index contributed by atoms with van der Waals surface area (Å²) in [6.45, 7) is 2.22. The Morgan fingerprint density at radius 3 is 3.04 bits per heavy atom. The average Bonchev–Trinajstić information content (AvgIpc) is 2.82. The topological polar surface area (TPSA) is 123 Å². The van der Waals surface area contributed by atoms with Crippen LogP contribution in [0.4, 0.5) is 0 Å². The number of nitrogens with one attached hydrogen (secondary N) is 1. The van der Waals surface area contributed by atoms with Crippen molar-refractivity contribution in [3.05, 3.63) is 23.8 Å². The number of carboxylic acids is 1. The molecule has 0 aromatic heterocycles. The number of rotatable bonds is 6. The van der Waals surface area contributed by atoms with Crippen molar-refractivity contribution in [1.82, 2.24) is 5.32 Å². The third kappa shape index (κ3) is 4.71. The summed E-state index contributed by atoms with van der Waals surface area (Å²) in [5, 5.41) is 29.7. The third-order valence-electron chi connectivity index (χ3n) is 2.77. The number of carboxylic acid groups (broad SMARTS) is 1. The number of hydrogen-bond donors (Lipinski definition) is 2. The molecule has 8 nitrogen and oxygen atoms in total. The molecule has 1 aromatic carbocycles. The van der Waals surface area contributed by atoms with Crippen LogP contribution in [0.15, 0.2) is 28.4 Å². The quantitative estimate of drug-likeness (QED) is 0.550. The molecule has 2 N–H and O–H groups in total. The van der Waals surface area contributed by atoms with Crippen molar-refractivity contribution in [2.24, 2.45) is 10.2 Å². The predicted molar refractivity (Wildman–Crippen MR) is 83.5 cm³/mol. The van der Waals surface area contributed by atoms with Crippen LogP contribution in [0.1, 0.15) is 18.9 Å². The van der Waals surface area contributed by atoms with Gasteiger partial charge in [-0.2, -0.15) is 5.10 Å². The van der Waals surface area contributed by atoms with Gasteiger partial charge in [0.25, 0.3) is 0 Å². The number of ether oxygens (including phenoxy) is 1. The molecule has 0 radical (unpaired) electrons. The molecule has 0 aliphatic carbocycles. The van der Waals surface area contributed by atoms with Gasteiger partial charge >= 0.3 is 0 Å². The first-order valence-corrected chi connectivity index (χ1v) is 7.61. The van der Waals surface area contributed by atoms with Crippen LogP contribution in [0.5, 0.6) is 11.5 Å². The van der Waals surface area contributed by atoms with Gasteiger partial charge < -0.3 is 25.1 Å². The standard InChI is InChI=1S/C14H15N3O5S/c1-2-22-10-5-8(3-4-9(10)18)7-15-17-14-16-13(21)11(23-14)6-12(19)20/h3-5,7,11,18H,2,6H2,1H3,(H,19,20)(H,16,17,21)/p-1/b15-7+/t11-/m0/s1. The molecule has 1 aliphatic heterocycles. The highest BCUT2D eigenvalue weighted by Gasteiger charge is 2.30. The van der Waals surface area contributed by atoms with E-state index >= 15 is 0 Å². The molecule has 23 heavy (non-hydrogen) atoms. The molecule has 1 aromatic rings. The maximum Gasteiger partial charge on any atom is 0.239 e. The van der Waals surface area contributed by atoms with Gasteiger partial charge in [-0.3, -0.25) is 4.79 Å². The van der Waals surface area contributed by atoms with Crippen molar-refractivity contribution in [2.45, 2.75) is 18.6 Å². The van der Waals surface area contributed by atoms with E-state index in [0.717, 1.165) is 11.8 Å². The van der Waals surface area contributed by atoms with Crippen LogP contribution >= 0.6 is 11.8 Å². The zero-order chi connectivity index (χ0) is 16.8. The smallest absolute Gasteiger partial charge is 0.239 e. The van der Waals surface area contributed by atoms with Crippen molar-refractivity contribution in [3.8, 4) is 11.5 Å². The summed E-state index contributed by atoms with van der Waals surface area (Å²) in [4.78, 5) is 22.0. The maximum atomic E-state index is 11.5. The van der Waals surface area contributed by atoms with Crippen molar-refractivity contribution < 1.29 is 24.5 Å². The summed E-state index contributed by atoms with van der Waals surface area (Å²) in [5.41, 5.74) is 0.649. The number of phenolic OH excluding ortho intramolecular Hbond substituents is 1. The second-order valence-corrected chi connectivity index (χ2v) is 5.67. The van der Waals surface area contributed by atoms with E-state index in [4.69, 9.17) is 4.74 Å². The predicted octanol–water partition coefficient (Wildman–Crippen LogP) is -0.148. The summed E-state index contributed by atoms with van der Waals surface area (Å²) in [5.74, 6) is -1.37. The molecule has 1 aliphatic rings. The van der Waals surface area contributed by atoms with Gasteiger partial charge in [-0.25, -0.2) is 0 Å². The molecule has 1 fully saturated rings. The number of thioether (sulfide) groups is 1. The molecule has 0 bridgehead atoms. The summed E-state index contributed by atoms with van der Waals surface area (Å²) in [6.07, 6.45) is 1.04. The lowest BCUT2D eigenvalue weighted by Crippen LogP contribution is -2.31. The molecule has 2 rings (SSSR count). The first-order chi connectivity index (χ1) is 11.0. The highest BCUT2D eigenvalue weighted by Crippen LogP contribution is 2.26. The number of amides is 1. The van der Waals surface area contributed by atoms with Gasteiger partial charge in [-0.1, -0.05) is 11.8 Å². The number of carbonyl (C=O) groups is 2. The van der Waals surface area contributed by atoms with E-state index in [9.17, 15) is 19.8 Å². The number of carbonyl (C=O) groups excluding carboxylic acids is 2. The van der Waals surface area contributed by atoms with Crippen molar-refractivity contribution in [1.29, 1.82) is 0 Å². The van der Waals surface area contributed by atoms with Crippen LogP contribution in [0, 0.1) is 0 Å². The summed E-state index contributed by atoms with van der Waals surface area (Å²) >= 11 is 0.986. The number of benzene rings is 1. The fourth-order valence-electron chi connectivity index (χ4n) is 1.77. The lowest BCUT2D eigenvalue weighted by molar-refractivity contribution is -0.305. The molecule has 0 unspecified atom stereocenters. The van der Waals surface area contributed by atoms with Crippen LogP contribution < -0.4 is 15.2 Å². The fourth-order valence-corrected chi connectivity index (χ4v) is 2.68. The number of amidine groups is 1. The highest BCUT2D eigenvalue weighted by atomic mass is 32.2. The molecule has 1 saturated heterocycles. The van der Waals surface area contributed by atoms with Crippen LogP contribution in [0.25, 0.3) is 0 Å². The number of nitrogens with zero attached hydrogens (tertiary/aromatic N) is 2. The van der Waals surface area contributed by atoms with Crippen LogP contribution in [-0.4, -0.2) is 40.2 Å². The Kier molecular flexibility index (Phi) is 5.58. The van der Waals surface area contributed by atoms with E-state index < -0.39 is 17.1 Å². The van der Waals surface area contributed by atoms with Gasteiger partial charge in [-0.05, 0) is 30.7 Å². The monoisotopic (exact) mass is 336 g/mol. The Morgan fingerprint density at radius 1 is 1.57 bits per heavy atom. The lowest BCUT2D eigenvalue weighted by atomic mass is 10.2. The second-order valence-electron chi connectivity index (χ2n) is 4.48. The summed E-state index contributed by atoms with van der Waals surface area (Å²) in [6, 6.07) is 4.70. The first kappa shape index (κ1) is 16.8. The number of phenols is 1. The molecule has 1 heterocycles. The molecule has 1 amide bonds. The molecule has 0 spiro atoms. The maximum absolute atomic E-state index is 11.5. The van der Waals surface area contributed by atoms with E-state index in [0.29, 0.717) is 17.9 Å². The first-order valence-electron chi connectivity index (χ1n) is 6.73. The van der Waals surface area contributed by atoms with Gasteiger partial charge in [0.1, 0.15) is 0 Å². The van der Waals surface area contributed by atoms with E-state index in [1.54, 1.807) is 19.1 Å². The van der Waals surface area contributed by atoms with Crippen molar-refractivity contribution in [2.75, 3.05) is 6.61 Å². The molecule has 0 saturated carbocycles. The van der Waals surface area contributed by atoms with Crippen molar-refractivity contribution in [3.63, 3.8) is 0 Å². The van der Waals surface area contributed by atoms with E-state index in [2.05, 4.69) is 15.5 Å². The van der Waals surface area contributed by atoms with Gasteiger partial charge in [0.15, 0.2) is 16.7 Å². The molecule has 122 valence electrons. The molecule has 1 atom stereocenters. The molecular weight excluding hydrogens is 322 g/mol. The Labute approximate surface area is 136 Å². The Morgan fingerprint density at radius 2 is 2.35 bits per heavy atom. The van der Waals surface area contributed by atoms with E-state index in [1.165, 1.54) is 12.3 Å². The Balaban J connectivity index is 2.02. The fraction of sp³-hybridized carbons (Fsp3) is 0.286. The summed E-state index contributed by atoms with van der Waals surface area (Å²) < 4.78 is 5.25. The van der Waals surface area contributed by atoms with Crippen LogP contribution in [0.3, 0.4) is 0 Å².